The van der Waals surface area contributed by atoms with Crippen LogP contribution in [-0.2, 0) is 0 Å². The van der Waals surface area contributed by atoms with E-state index in [1.807, 2.05) is 6.07 Å². The molecular formula is C11H8N2O3. The molecule has 0 aliphatic carbocycles. The SMILES string of the molecule is NC(=O)Oc1cc2c(C=O)cccc2cn1. The Morgan fingerprint density at radius 2 is 2.25 bits per heavy atom. The number of ether oxygens (including phenoxy) is 1. The number of fused-ring (bicyclic) bond motifs is 1. The first-order chi connectivity index (χ1) is 7.70. The van der Waals surface area contributed by atoms with E-state index in [0.29, 0.717) is 10.9 Å². The molecule has 0 atom stereocenters. The number of nitrogens with zero attached hydrogens (tertiary/aromatic N) is 1. The molecule has 1 aromatic carbocycles. The minimum absolute atomic E-state index is 0.0781. The van der Waals surface area contributed by atoms with Crippen LogP contribution in [0, 0.1) is 0 Å². The summed E-state index contributed by atoms with van der Waals surface area (Å²) in [5.74, 6) is 0.0781. The highest BCUT2D eigenvalue weighted by Gasteiger charge is 2.05. The summed E-state index contributed by atoms with van der Waals surface area (Å²) in [5, 5.41) is 1.46. The van der Waals surface area contributed by atoms with Crippen molar-refractivity contribution in [2.45, 2.75) is 0 Å². The fraction of sp³-hybridized carbons (Fsp3) is 0. The first kappa shape index (κ1) is 10.1. The summed E-state index contributed by atoms with van der Waals surface area (Å²) in [4.78, 5) is 25.2. The maximum Gasteiger partial charge on any atom is 0.411 e. The van der Waals surface area contributed by atoms with Crippen molar-refractivity contribution in [1.29, 1.82) is 0 Å². The van der Waals surface area contributed by atoms with E-state index < -0.39 is 6.09 Å². The fourth-order valence-corrected chi connectivity index (χ4v) is 1.44. The van der Waals surface area contributed by atoms with Gasteiger partial charge >= 0.3 is 6.09 Å². The zero-order chi connectivity index (χ0) is 11.5. The molecule has 1 heterocycles. The van der Waals surface area contributed by atoms with E-state index in [9.17, 15) is 9.59 Å². The van der Waals surface area contributed by atoms with Crippen molar-refractivity contribution in [2.75, 3.05) is 0 Å². The number of benzene rings is 1. The lowest BCUT2D eigenvalue weighted by Crippen LogP contribution is -2.16. The summed E-state index contributed by atoms with van der Waals surface area (Å²) in [6.07, 6.45) is 1.31. The number of amides is 1. The summed E-state index contributed by atoms with van der Waals surface area (Å²) >= 11 is 0. The van der Waals surface area contributed by atoms with E-state index in [2.05, 4.69) is 9.72 Å². The van der Waals surface area contributed by atoms with Gasteiger partial charge in [-0.05, 0) is 5.39 Å². The zero-order valence-electron chi connectivity index (χ0n) is 8.21. The first-order valence-electron chi connectivity index (χ1n) is 4.52. The number of aromatic nitrogens is 1. The lowest BCUT2D eigenvalue weighted by Gasteiger charge is -2.03. The minimum atomic E-state index is -0.935. The standard InChI is InChI=1S/C11H8N2O3/c12-11(15)16-10-4-9-7(5-13-10)2-1-3-8(9)6-14/h1-6H,(H2,12,15). The summed E-state index contributed by atoms with van der Waals surface area (Å²) in [5.41, 5.74) is 5.38. The maximum atomic E-state index is 10.8. The van der Waals surface area contributed by atoms with Crippen molar-refractivity contribution in [2.24, 2.45) is 5.73 Å². The summed E-state index contributed by atoms with van der Waals surface area (Å²) in [6, 6.07) is 6.74. The van der Waals surface area contributed by atoms with Gasteiger partial charge in [0.15, 0.2) is 6.29 Å². The Balaban J connectivity index is 2.58. The van der Waals surface area contributed by atoms with Crippen LogP contribution in [0.15, 0.2) is 30.5 Å². The average Bonchev–Trinajstić information content (AvgIpc) is 2.27. The highest BCUT2D eigenvalue weighted by atomic mass is 16.6. The molecule has 0 fully saturated rings. The topological polar surface area (TPSA) is 82.3 Å². The van der Waals surface area contributed by atoms with Crippen LogP contribution in [-0.4, -0.2) is 17.4 Å². The molecule has 16 heavy (non-hydrogen) atoms. The number of hydrogen-bond donors (Lipinski definition) is 1. The molecule has 0 spiro atoms. The second-order valence-electron chi connectivity index (χ2n) is 3.13. The van der Waals surface area contributed by atoms with E-state index in [0.717, 1.165) is 11.7 Å². The van der Waals surface area contributed by atoms with Gasteiger partial charge in [0.2, 0.25) is 5.88 Å². The Labute approximate surface area is 90.8 Å². The van der Waals surface area contributed by atoms with Gasteiger partial charge in [-0.2, -0.15) is 0 Å². The molecule has 2 aromatic rings. The molecule has 2 rings (SSSR count). The number of carbonyl (C=O) groups is 2. The van der Waals surface area contributed by atoms with Gasteiger partial charge in [-0.3, -0.25) is 4.79 Å². The molecule has 0 saturated carbocycles. The predicted molar refractivity (Wildman–Crippen MR) is 57.3 cm³/mol. The number of nitrogens with two attached hydrogens (primary N) is 1. The largest absolute Gasteiger partial charge is 0.411 e. The third kappa shape index (κ3) is 1.83. The van der Waals surface area contributed by atoms with E-state index >= 15 is 0 Å². The van der Waals surface area contributed by atoms with Crippen LogP contribution in [0.4, 0.5) is 4.79 Å². The normalized spacial score (nSPS) is 10.0. The number of aldehydes is 1. The van der Waals surface area contributed by atoms with Crippen molar-refractivity contribution in [3.8, 4) is 5.88 Å². The Kier molecular flexibility index (Phi) is 2.51. The Morgan fingerprint density at radius 1 is 1.44 bits per heavy atom. The number of carbonyl (C=O) groups excluding carboxylic acids is 2. The van der Waals surface area contributed by atoms with Crippen LogP contribution in [0.5, 0.6) is 5.88 Å². The Bertz CT molecular complexity index is 566. The van der Waals surface area contributed by atoms with Crippen molar-refractivity contribution >= 4 is 23.2 Å². The van der Waals surface area contributed by atoms with Gasteiger partial charge in [0, 0.05) is 23.2 Å². The second-order valence-corrected chi connectivity index (χ2v) is 3.13. The summed E-state index contributed by atoms with van der Waals surface area (Å²) in [7, 11) is 0. The Hall–Kier alpha value is -2.43. The molecule has 0 bridgehead atoms. The third-order valence-electron chi connectivity index (χ3n) is 2.10. The minimum Gasteiger partial charge on any atom is -0.391 e. The van der Waals surface area contributed by atoms with Crippen LogP contribution >= 0.6 is 0 Å². The molecule has 0 aliphatic rings. The van der Waals surface area contributed by atoms with Crippen LogP contribution in [0.2, 0.25) is 0 Å². The highest BCUT2D eigenvalue weighted by molar-refractivity contribution is 5.98. The van der Waals surface area contributed by atoms with E-state index in [4.69, 9.17) is 5.73 Å². The van der Waals surface area contributed by atoms with Crippen molar-refractivity contribution in [1.82, 2.24) is 4.98 Å². The molecule has 5 nitrogen and oxygen atoms in total. The molecule has 2 N–H and O–H groups in total. The molecule has 80 valence electrons. The van der Waals surface area contributed by atoms with Gasteiger partial charge < -0.3 is 10.5 Å². The van der Waals surface area contributed by atoms with Gasteiger partial charge in [-0.25, -0.2) is 9.78 Å². The smallest absolute Gasteiger partial charge is 0.391 e. The number of hydrogen-bond acceptors (Lipinski definition) is 4. The Morgan fingerprint density at radius 3 is 2.94 bits per heavy atom. The summed E-state index contributed by atoms with van der Waals surface area (Å²) < 4.78 is 4.63. The molecule has 0 saturated heterocycles. The van der Waals surface area contributed by atoms with Gasteiger partial charge in [-0.1, -0.05) is 18.2 Å². The highest BCUT2D eigenvalue weighted by Crippen LogP contribution is 2.20. The number of primary amides is 1. The maximum absolute atomic E-state index is 10.8. The van der Waals surface area contributed by atoms with Crippen LogP contribution in [0.25, 0.3) is 10.8 Å². The summed E-state index contributed by atoms with van der Waals surface area (Å²) in [6.45, 7) is 0. The average molecular weight is 216 g/mol. The van der Waals surface area contributed by atoms with E-state index in [1.165, 1.54) is 12.3 Å². The predicted octanol–water partition coefficient (Wildman–Crippen LogP) is 1.50. The molecule has 0 radical (unpaired) electrons. The number of pyridine rings is 1. The van der Waals surface area contributed by atoms with Crippen molar-refractivity contribution < 1.29 is 14.3 Å². The van der Waals surface area contributed by atoms with Crippen molar-refractivity contribution in [3.05, 3.63) is 36.0 Å². The lowest BCUT2D eigenvalue weighted by molar-refractivity contribution is 0.112. The molecule has 0 unspecified atom stereocenters. The van der Waals surface area contributed by atoms with Crippen molar-refractivity contribution in [3.63, 3.8) is 0 Å². The van der Waals surface area contributed by atoms with Gasteiger partial charge in [0.05, 0.1) is 0 Å². The van der Waals surface area contributed by atoms with Gasteiger partial charge in [0.25, 0.3) is 0 Å². The molecule has 1 aromatic heterocycles. The molecule has 1 amide bonds. The zero-order valence-corrected chi connectivity index (χ0v) is 8.21. The second kappa shape index (κ2) is 3.98. The van der Waals surface area contributed by atoms with E-state index in [-0.39, 0.29) is 5.88 Å². The molecular weight excluding hydrogens is 208 g/mol. The number of rotatable bonds is 2. The van der Waals surface area contributed by atoms with E-state index in [1.54, 1.807) is 12.1 Å². The quantitative estimate of drug-likeness (QED) is 0.771. The molecule has 0 aliphatic heterocycles. The van der Waals surface area contributed by atoms with Crippen LogP contribution in [0.1, 0.15) is 10.4 Å². The fourth-order valence-electron chi connectivity index (χ4n) is 1.44. The van der Waals surface area contributed by atoms with Gasteiger partial charge in [-0.15, -0.1) is 0 Å². The van der Waals surface area contributed by atoms with Crippen LogP contribution < -0.4 is 10.5 Å². The van der Waals surface area contributed by atoms with Crippen LogP contribution in [0.3, 0.4) is 0 Å². The lowest BCUT2D eigenvalue weighted by atomic mass is 10.1. The van der Waals surface area contributed by atoms with Gasteiger partial charge in [0.1, 0.15) is 0 Å². The third-order valence-corrected chi connectivity index (χ3v) is 2.10. The molecule has 5 heteroatoms. The monoisotopic (exact) mass is 216 g/mol. The first-order valence-corrected chi connectivity index (χ1v) is 4.52.